The molecule has 1 amide bonds. The smallest absolute Gasteiger partial charge is 0.268 e. The first-order valence-corrected chi connectivity index (χ1v) is 6.51. The molecule has 2 aliphatic heterocycles. The Bertz CT molecular complexity index is 572. The zero-order chi connectivity index (χ0) is 13.4. The van der Waals surface area contributed by atoms with E-state index >= 15 is 0 Å². The Labute approximate surface area is 112 Å². The molecule has 1 aromatic rings. The van der Waals surface area contributed by atoms with Crippen molar-refractivity contribution in [3.05, 3.63) is 53.4 Å². The lowest BCUT2D eigenvalue weighted by molar-refractivity contribution is -0.126. The molecule has 19 heavy (non-hydrogen) atoms. The molecular weight excluding hydrogens is 238 g/mol. The van der Waals surface area contributed by atoms with Crippen molar-refractivity contribution in [3.8, 4) is 0 Å². The van der Waals surface area contributed by atoms with Crippen LogP contribution < -0.4 is 10.7 Å². The van der Waals surface area contributed by atoms with E-state index in [1.54, 1.807) is 11.1 Å². The molecular formula is C15H17N3O. The van der Waals surface area contributed by atoms with Crippen molar-refractivity contribution in [1.29, 1.82) is 0 Å². The van der Waals surface area contributed by atoms with Gasteiger partial charge in [0.05, 0.1) is 5.70 Å². The quantitative estimate of drug-likeness (QED) is 0.847. The maximum Gasteiger partial charge on any atom is 0.268 e. The maximum atomic E-state index is 12.1. The molecule has 0 spiro atoms. The van der Waals surface area contributed by atoms with Gasteiger partial charge in [-0.05, 0) is 17.1 Å². The summed E-state index contributed by atoms with van der Waals surface area (Å²) in [6, 6.07) is 9.91. The predicted octanol–water partition coefficient (Wildman–Crippen LogP) is 1.85. The summed E-state index contributed by atoms with van der Waals surface area (Å²) in [5.41, 5.74) is 6.23. The number of amides is 1. The van der Waals surface area contributed by atoms with E-state index in [-0.39, 0.29) is 5.91 Å². The summed E-state index contributed by atoms with van der Waals surface area (Å²) < 4.78 is 0. The topological polar surface area (TPSA) is 44.4 Å². The van der Waals surface area contributed by atoms with E-state index in [0.717, 1.165) is 23.6 Å². The number of nitrogens with one attached hydrogen (secondary N) is 2. The molecule has 2 N–H and O–H groups in total. The van der Waals surface area contributed by atoms with E-state index in [9.17, 15) is 4.79 Å². The first kappa shape index (κ1) is 12.0. The number of nitrogens with zero attached hydrogens (tertiary/aromatic N) is 1. The third-order valence-electron chi connectivity index (χ3n) is 3.48. The highest BCUT2D eigenvalue weighted by molar-refractivity contribution is 5.98. The van der Waals surface area contributed by atoms with Crippen LogP contribution >= 0.6 is 0 Å². The van der Waals surface area contributed by atoms with Crippen LogP contribution in [0.2, 0.25) is 0 Å². The lowest BCUT2D eigenvalue weighted by atomic mass is 10.0. The molecule has 0 aromatic heterocycles. The van der Waals surface area contributed by atoms with Gasteiger partial charge in [0, 0.05) is 12.6 Å². The molecule has 2 heterocycles. The van der Waals surface area contributed by atoms with Gasteiger partial charge in [0.15, 0.2) is 0 Å². The third kappa shape index (κ3) is 2.04. The molecule has 0 unspecified atom stereocenters. The molecule has 0 aliphatic carbocycles. The summed E-state index contributed by atoms with van der Waals surface area (Å²) in [7, 11) is 0. The molecule has 1 aromatic carbocycles. The highest BCUT2D eigenvalue weighted by Crippen LogP contribution is 2.26. The van der Waals surface area contributed by atoms with E-state index in [2.05, 4.69) is 24.6 Å². The average molecular weight is 255 g/mol. The van der Waals surface area contributed by atoms with Crippen molar-refractivity contribution in [1.82, 2.24) is 15.8 Å². The van der Waals surface area contributed by atoms with Crippen molar-refractivity contribution in [3.63, 3.8) is 0 Å². The molecule has 2 aliphatic rings. The van der Waals surface area contributed by atoms with Crippen LogP contribution in [0.5, 0.6) is 0 Å². The Hall–Kier alpha value is -2.07. The third-order valence-corrected chi connectivity index (χ3v) is 3.48. The fourth-order valence-corrected chi connectivity index (χ4v) is 2.40. The normalized spacial score (nSPS) is 18.6. The summed E-state index contributed by atoms with van der Waals surface area (Å²) in [4.78, 5) is 12.1. The summed E-state index contributed by atoms with van der Waals surface area (Å²) in [6.07, 6.45) is 1.63. The number of rotatable bonds is 2. The van der Waals surface area contributed by atoms with Crippen molar-refractivity contribution in [2.24, 2.45) is 5.92 Å². The van der Waals surface area contributed by atoms with Crippen LogP contribution in [-0.2, 0) is 4.79 Å². The first-order valence-electron chi connectivity index (χ1n) is 6.51. The minimum Gasteiger partial charge on any atom is -0.340 e. The Morgan fingerprint density at radius 2 is 1.95 bits per heavy atom. The summed E-state index contributed by atoms with van der Waals surface area (Å²) in [5, 5.41) is 4.98. The Balaban J connectivity index is 2.01. The van der Waals surface area contributed by atoms with Crippen LogP contribution in [0.25, 0.3) is 5.70 Å². The van der Waals surface area contributed by atoms with Crippen molar-refractivity contribution < 1.29 is 4.79 Å². The van der Waals surface area contributed by atoms with Crippen LogP contribution in [0, 0.1) is 5.92 Å². The molecule has 0 saturated heterocycles. The summed E-state index contributed by atoms with van der Waals surface area (Å²) >= 11 is 0. The zero-order valence-electron chi connectivity index (χ0n) is 11.1. The van der Waals surface area contributed by atoms with E-state index in [1.807, 2.05) is 30.3 Å². The molecule has 4 heteroatoms. The van der Waals surface area contributed by atoms with E-state index < -0.39 is 0 Å². The molecule has 0 fully saturated rings. The Kier molecular flexibility index (Phi) is 2.87. The van der Waals surface area contributed by atoms with Crippen molar-refractivity contribution >= 4 is 11.6 Å². The first-order chi connectivity index (χ1) is 9.16. The van der Waals surface area contributed by atoms with Crippen LogP contribution in [0.15, 0.2) is 47.8 Å². The second kappa shape index (κ2) is 4.55. The Morgan fingerprint density at radius 3 is 2.63 bits per heavy atom. The Morgan fingerprint density at radius 1 is 1.21 bits per heavy atom. The summed E-state index contributed by atoms with van der Waals surface area (Å²) in [6.45, 7) is 5.00. The maximum absolute atomic E-state index is 12.1. The van der Waals surface area contributed by atoms with Crippen molar-refractivity contribution in [2.45, 2.75) is 13.8 Å². The van der Waals surface area contributed by atoms with Gasteiger partial charge in [0.25, 0.3) is 5.91 Å². The number of hydrogen-bond donors (Lipinski definition) is 2. The van der Waals surface area contributed by atoms with E-state index in [1.165, 1.54) is 5.57 Å². The van der Waals surface area contributed by atoms with Crippen LogP contribution in [0.1, 0.15) is 19.4 Å². The molecule has 4 nitrogen and oxygen atoms in total. The molecule has 3 rings (SSSR count). The van der Waals surface area contributed by atoms with Gasteiger partial charge in [-0.15, -0.1) is 0 Å². The second-order valence-electron chi connectivity index (χ2n) is 5.09. The van der Waals surface area contributed by atoms with Gasteiger partial charge < -0.3 is 5.32 Å². The minimum atomic E-state index is -0.0248. The van der Waals surface area contributed by atoms with Gasteiger partial charge in [-0.25, -0.2) is 10.4 Å². The van der Waals surface area contributed by atoms with E-state index in [0.29, 0.717) is 5.92 Å². The lowest BCUT2D eigenvalue weighted by Crippen LogP contribution is -2.43. The summed E-state index contributed by atoms with van der Waals surface area (Å²) in [5.74, 6) is 1.27. The number of hydrogen-bond acceptors (Lipinski definition) is 3. The van der Waals surface area contributed by atoms with Gasteiger partial charge in [-0.1, -0.05) is 44.2 Å². The zero-order valence-corrected chi connectivity index (χ0v) is 11.1. The highest BCUT2D eigenvalue weighted by atomic mass is 16.2. The lowest BCUT2D eigenvalue weighted by Gasteiger charge is -2.27. The van der Waals surface area contributed by atoms with Crippen LogP contribution in [0.4, 0.5) is 0 Å². The molecule has 0 radical (unpaired) electrons. The van der Waals surface area contributed by atoms with Gasteiger partial charge >= 0.3 is 0 Å². The SMILES string of the molecule is CC(C)C1=C2NC(c3ccccc3)=CC(=O)N2NC1. The molecule has 0 bridgehead atoms. The largest absolute Gasteiger partial charge is 0.340 e. The molecule has 0 saturated carbocycles. The number of carbonyl (C=O) groups excluding carboxylic acids is 1. The van der Waals surface area contributed by atoms with Gasteiger partial charge in [0.2, 0.25) is 0 Å². The fraction of sp³-hybridized carbons (Fsp3) is 0.267. The molecule has 98 valence electrons. The predicted molar refractivity (Wildman–Crippen MR) is 74.3 cm³/mol. The average Bonchev–Trinajstić information content (AvgIpc) is 2.84. The number of carbonyl (C=O) groups is 1. The standard InChI is InChI=1S/C15H17N3O/c1-10(2)12-9-16-18-14(19)8-13(17-15(12)18)11-6-4-3-5-7-11/h3-8,10,16-17H,9H2,1-2H3. The number of hydrazine groups is 1. The fourth-order valence-electron chi connectivity index (χ4n) is 2.40. The van der Waals surface area contributed by atoms with Crippen LogP contribution in [0.3, 0.4) is 0 Å². The molecule has 0 atom stereocenters. The van der Waals surface area contributed by atoms with E-state index in [4.69, 9.17) is 0 Å². The van der Waals surface area contributed by atoms with Crippen LogP contribution in [-0.4, -0.2) is 17.5 Å². The highest BCUT2D eigenvalue weighted by Gasteiger charge is 2.31. The number of fused-ring (bicyclic) bond motifs is 1. The van der Waals surface area contributed by atoms with Gasteiger partial charge in [-0.2, -0.15) is 0 Å². The number of benzene rings is 1. The second-order valence-corrected chi connectivity index (χ2v) is 5.09. The van der Waals surface area contributed by atoms with Crippen molar-refractivity contribution in [2.75, 3.05) is 6.54 Å². The van der Waals surface area contributed by atoms with Gasteiger partial charge in [0.1, 0.15) is 5.82 Å². The minimum absolute atomic E-state index is 0.0248. The monoisotopic (exact) mass is 255 g/mol. The van der Waals surface area contributed by atoms with Gasteiger partial charge in [-0.3, -0.25) is 4.79 Å².